The fraction of sp³-hybridized carbons (Fsp3) is 0.267. The summed E-state index contributed by atoms with van der Waals surface area (Å²) in [4.78, 5) is 5.49. The Balaban J connectivity index is 1.81. The molecule has 0 radical (unpaired) electrons. The van der Waals surface area contributed by atoms with Gasteiger partial charge in [0.15, 0.2) is 11.7 Å². The highest BCUT2D eigenvalue weighted by molar-refractivity contribution is 7.22. The highest BCUT2D eigenvalue weighted by Crippen LogP contribution is 2.33. The van der Waals surface area contributed by atoms with E-state index in [9.17, 15) is 0 Å². The van der Waals surface area contributed by atoms with Crippen LogP contribution in [0, 0.1) is 0 Å². The van der Waals surface area contributed by atoms with E-state index in [1.54, 1.807) is 11.3 Å². The predicted octanol–water partition coefficient (Wildman–Crippen LogP) is 3.71. The van der Waals surface area contributed by atoms with Crippen molar-refractivity contribution in [1.29, 1.82) is 0 Å². The number of nitrogens with one attached hydrogen (secondary N) is 1. The number of benzene rings is 1. The molecule has 0 spiro atoms. The SMILES string of the molecule is CNCCCc1ncc(-c2cc3ccccc3s2)o1. The van der Waals surface area contributed by atoms with Crippen LogP contribution < -0.4 is 5.32 Å². The minimum absolute atomic E-state index is 0.822. The monoisotopic (exact) mass is 272 g/mol. The predicted molar refractivity (Wildman–Crippen MR) is 79.6 cm³/mol. The Morgan fingerprint density at radius 3 is 3.05 bits per heavy atom. The van der Waals surface area contributed by atoms with Crippen molar-refractivity contribution in [1.82, 2.24) is 10.3 Å². The number of hydrogen-bond acceptors (Lipinski definition) is 4. The van der Waals surface area contributed by atoms with Crippen molar-refractivity contribution >= 4 is 21.4 Å². The van der Waals surface area contributed by atoms with Crippen LogP contribution in [-0.4, -0.2) is 18.6 Å². The van der Waals surface area contributed by atoms with Crippen LogP contribution in [0.5, 0.6) is 0 Å². The fourth-order valence-electron chi connectivity index (χ4n) is 2.06. The number of oxazole rings is 1. The van der Waals surface area contributed by atoms with E-state index in [1.807, 2.05) is 13.2 Å². The first-order chi connectivity index (χ1) is 9.36. The van der Waals surface area contributed by atoms with Crippen molar-refractivity contribution in [2.24, 2.45) is 0 Å². The van der Waals surface area contributed by atoms with E-state index in [4.69, 9.17) is 4.42 Å². The maximum atomic E-state index is 5.82. The molecule has 0 bridgehead atoms. The molecule has 0 aliphatic heterocycles. The molecule has 3 rings (SSSR count). The summed E-state index contributed by atoms with van der Waals surface area (Å²) in [5.41, 5.74) is 0. The number of aryl methyl sites for hydroxylation is 1. The lowest BCUT2D eigenvalue weighted by molar-refractivity contribution is 0.496. The third-order valence-corrected chi connectivity index (χ3v) is 4.17. The molecule has 0 amide bonds. The fourth-order valence-corrected chi connectivity index (χ4v) is 3.07. The molecule has 1 aromatic carbocycles. The zero-order valence-corrected chi connectivity index (χ0v) is 11.7. The minimum Gasteiger partial charge on any atom is -0.440 e. The van der Waals surface area contributed by atoms with E-state index in [1.165, 1.54) is 10.1 Å². The summed E-state index contributed by atoms with van der Waals surface area (Å²) < 4.78 is 7.10. The van der Waals surface area contributed by atoms with Crippen LogP contribution in [0.15, 0.2) is 40.9 Å². The number of fused-ring (bicyclic) bond motifs is 1. The number of aromatic nitrogens is 1. The van der Waals surface area contributed by atoms with Gasteiger partial charge in [-0.1, -0.05) is 18.2 Å². The lowest BCUT2D eigenvalue weighted by Crippen LogP contribution is -2.08. The molecule has 4 heteroatoms. The van der Waals surface area contributed by atoms with Gasteiger partial charge in [-0.2, -0.15) is 0 Å². The normalized spacial score (nSPS) is 11.2. The molecule has 0 aliphatic carbocycles. The first-order valence-corrected chi connectivity index (χ1v) is 7.27. The molecule has 0 atom stereocenters. The van der Waals surface area contributed by atoms with Gasteiger partial charge in [0.2, 0.25) is 0 Å². The number of thiophene rings is 1. The molecule has 2 aromatic heterocycles. The second-order valence-electron chi connectivity index (χ2n) is 4.47. The maximum absolute atomic E-state index is 5.82. The summed E-state index contributed by atoms with van der Waals surface area (Å²) in [6.45, 7) is 0.987. The number of hydrogen-bond donors (Lipinski definition) is 1. The Morgan fingerprint density at radius 1 is 1.32 bits per heavy atom. The molecule has 2 heterocycles. The largest absolute Gasteiger partial charge is 0.440 e. The van der Waals surface area contributed by atoms with Gasteiger partial charge in [0.25, 0.3) is 0 Å². The maximum Gasteiger partial charge on any atom is 0.194 e. The lowest BCUT2D eigenvalue weighted by atomic mass is 10.2. The third kappa shape index (κ3) is 2.69. The van der Waals surface area contributed by atoms with Gasteiger partial charge in [-0.05, 0) is 37.5 Å². The van der Waals surface area contributed by atoms with Crippen LogP contribution in [0.3, 0.4) is 0 Å². The molecule has 1 N–H and O–H groups in total. The Labute approximate surface area is 116 Å². The zero-order chi connectivity index (χ0) is 13.1. The van der Waals surface area contributed by atoms with E-state index in [0.717, 1.165) is 35.9 Å². The first kappa shape index (κ1) is 12.4. The zero-order valence-electron chi connectivity index (χ0n) is 10.8. The van der Waals surface area contributed by atoms with Gasteiger partial charge in [-0.3, -0.25) is 0 Å². The van der Waals surface area contributed by atoms with E-state index >= 15 is 0 Å². The van der Waals surface area contributed by atoms with Crippen molar-refractivity contribution in [3.63, 3.8) is 0 Å². The van der Waals surface area contributed by atoms with Gasteiger partial charge in [0.1, 0.15) is 0 Å². The second kappa shape index (κ2) is 5.55. The van der Waals surface area contributed by atoms with Crippen LogP contribution in [0.2, 0.25) is 0 Å². The van der Waals surface area contributed by atoms with Crippen LogP contribution in [-0.2, 0) is 6.42 Å². The quantitative estimate of drug-likeness (QED) is 0.720. The molecular weight excluding hydrogens is 256 g/mol. The van der Waals surface area contributed by atoms with Gasteiger partial charge in [-0.15, -0.1) is 11.3 Å². The topological polar surface area (TPSA) is 38.1 Å². The molecular formula is C15H16N2OS. The van der Waals surface area contributed by atoms with E-state index in [2.05, 4.69) is 40.6 Å². The summed E-state index contributed by atoms with van der Waals surface area (Å²) in [5.74, 6) is 1.70. The van der Waals surface area contributed by atoms with Crippen molar-refractivity contribution in [2.75, 3.05) is 13.6 Å². The summed E-state index contributed by atoms with van der Waals surface area (Å²) in [7, 11) is 1.96. The Kier molecular flexibility index (Phi) is 3.62. The van der Waals surface area contributed by atoms with Gasteiger partial charge >= 0.3 is 0 Å². The van der Waals surface area contributed by atoms with Gasteiger partial charge in [0.05, 0.1) is 11.1 Å². The van der Waals surface area contributed by atoms with Crippen LogP contribution in [0.25, 0.3) is 20.7 Å². The summed E-state index contributed by atoms with van der Waals surface area (Å²) in [6, 6.07) is 10.5. The Hall–Kier alpha value is -1.65. The average molecular weight is 272 g/mol. The Morgan fingerprint density at radius 2 is 2.21 bits per heavy atom. The van der Waals surface area contributed by atoms with Gasteiger partial charge in [-0.25, -0.2) is 4.98 Å². The molecule has 19 heavy (non-hydrogen) atoms. The highest BCUT2D eigenvalue weighted by atomic mass is 32.1. The van der Waals surface area contributed by atoms with E-state index in [0.29, 0.717) is 0 Å². The minimum atomic E-state index is 0.822. The molecule has 3 nitrogen and oxygen atoms in total. The average Bonchev–Trinajstić information content (AvgIpc) is 3.04. The third-order valence-electron chi connectivity index (χ3n) is 3.04. The first-order valence-electron chi connectivity index (χ1n) is 6.45. The smallest absolute Gasteiger partial charge is 0.194 e. The molecule has 0 unspecified atom stereocenters. The molecule has 0 fully saturated rings. The van der Waals surface area contributed by atoms with Crippen molar-refractivity contribution in [3.05, 3.63) is 42.4 Å². The molecule has 0 saturated carbocycles. The van der Waals surface area contributed by atoms with Crippen LogP contribution in [0.4, 0.5) is 0 Å². The van der Waals surface area contributed by atoms with Crippen LogP contribution >= 0.6 is 11.3 Å². The summed E-state index contributed by atoms with van der Waals surface area (Å²) in [6.07, 6.45) is 3.76. The highest BCUT2D eigenvalue weighted by Gasteiger charge is 2.09. The standard InChI is InChI=1S/C15H16N2OS/c1-16-8-4-7-15-17-10-12(18-15)14-9-11-5-2-3-6-13(11)19-14/h2-3,5-6,9-10,16H,4,7-8H2,1H3. The second-order valence-corrected chi connectivity index (χ2v) is 5.56. The summed E-state index contributed by atoms with van der Waals surface area (Å²) in [5, 5.41) is 4.39. The van der Waals surface area contributed by atoms with Crippen LogP contribution in [0.1, 0.15) is 12.3 Å². The molecule has 3 aromatic rings. The summed E-state index contributed by atoms with van der Waals surface area (Å²) >= 11 is 1.75. The van der Waals surface area contributed by atoms with Gasteiger partial charge in [0, 0.05) is 11.1 Å². The van der Waals surface area contributed by atoms with Crippen molar-refractivity contribution < 1.29 is 4.42 Å². The number of nitrogens with zero attached hydrogens (tertiary/aromatic N) is 1. The van der Waals surface area contributed by atoms with Crippen molar-refractivity contribution in [2.45, 2.75) is 12.8 Å². The van der Waals surface area contributed by atoms with E-state index < -0.39 is 0 Å². The molecule has 98 valence electrons. The number of rotatable bonds is 5. The lowest BCUT2D eigenvalue weighted by Gasteiger charge is -1.95. The van der Waals surface area contributed by atoms with E-state index in [-0.39, 0.29) is 0 Å². The van der Waals surface area contributed by atoms with Crippen molar-refractivity contribution in [3.8, 4) is 10.6 Å². The molecule has 0 aliphatic rings. The van der Waals surface area contributed by atoms with Gasteiger partial charge < -0.3 is 9.73 Å². The Bertz CT molecular complexity index is 638. The molecule has 0 saturated heterocycles.